The first-order chi connectivity index (χ1) is 5.70. The summed E-state index contributed by atoms with van der Waals surface area (Å²) in [7, 11) is 2.47. The second kappa shape index (κ2) is 5.98. The first kappa shape index (κ1) is 10.2. The van der Waals surface area contributed by atoms with Gasteiger partial charge in [0.25, 0.3) is 0 Å². The minimum Gasteiger partial charge on any atom is -0.466 e. The first-order valence-electron chi connectivity index (χ1n) is 3.04. The van der Waals surface area contributed by atoms with Crippen molar-refractivity contribution in [3.05, 3.63) is 12.2 Å². The molecular weight excluding hydrogens is 160 g/mol. The van der Waals surface area contributed by atoms with Crippen LogP contribution in [-0.4, -0.2) is 26.2 Å². The zero-order valence-corrected chi connectivity index (χ0v) is 6.79. The minimum atomic E-state index is -0.649. The lowest BCUT2D eigenvalue weighted by Gasteiger charge is -1.85. The third-order valence-electron chi connectivity index (χ3n) is 0.864. The molecule has 0 saturated heterocycles. The summed E-state index contributed by atoms with van der Waals surface area (Å²) in [6.45, 7) is 0. The van der Waals surface area contributed by atoms with Gasteiger partial charge in [0.2, 0.25) is 0 Å². The van der Waals surface area contributed by atoms with Crippen LogP contribution in [0.25, 0.3) is 0 Å². The van der Waals surface area contributed by atoms with E-state index in [1.54, 1.807) is 0 Å². The predicted molar refractivity (Wildman–Crippen MR) is 40.9 cm³/mol. The van der Waals surface area contributed by atoms with Crippen LogP contribution in [0.15, 0.2) is 12.2 Å². The Bertz CT molecular complexity index is 254. The molecule has 0 unspecified atom stereocenters. The van der Waals surface area contributed by atoms with Crippen LogP contribution in [0.2, 0.25) is 0 Å². The summed E-state index contributed by atoms with van der Waals surface area (Å²) < 4.78 is 8.49. The van der Waals surface area contributed by atoms with E-state index < -0.39 is 11.9 Å². The number of carbonyl (C=O) groups is 2. The summed E-state index contributed by atoms with van der Waals surface area (Å²) >= 11 is 0. The molecule has 4 nitrogen and oxygen atoms in total. The van der Waals surface area contributed by atoms with Crippen LogP contribution in [0, 0.1) is 11.8 Å². The van der Waals surface area contributed by atoms with Gasteiger partial charge in [0.15, 0.2) is 0 Å². The molecule has 0 aromatic rings. The fourth-order valence-electron chi connectivity index (χ4n) is 0.329. The zero-order chi connectivity index (χ0) is 9.40. The Morgan fingerprint density at radius 2 is 1.92 bits per heavy atom. The van der Waals surface area contributed by atoms with Gasteiger partial charge in [0.05, 0.1) is 14.2 Å². The molecule has 0 atom stereocenters. The Morgan fingerprint density at radius 1 is 1.25 bits per heavy atom. The van der Waals surface area contributed by atoms with Gasteiger partial charge in [-0.3, -0.25) is 0 Å². The topological polar surface area (TPSA) is 52.6 Å². The van der Waals surface area contributed by atoms with Crippen LogP contribution < -0.4 is 0 Å². The number of esters is 2. The average molecular weight is 168 g/mol. The maximum absolute atomic E-state index is 10.4. The van der Waals surface area contributed by atoms with Crippen LogP contribution in [0.5, 0.6) is 0 Å². The zero-order valence-electron chi connectivity index (χ0n) is 6.79. The van der Waals surface area contributed by atoms with Crippen molar-refractivity contribution in [2.24, 2.45) is 0 Å². The Hall–Kier alpha value is -1.76. The average Bonchev–Trinajstić information content (AvgIpc) is 2.11. The van der Waals surface area contributed by atoms with Crippen LogP contribution >= 0.6 is 0 Å². The van der Waals surface area contributed by atoms with Crippen molar-refractivity contribution in [1.82, 2.24) is 0 Å². The highest BCUT2D eigenvalue weighted by Gasteiger charge is 1.88. The quantitative estimate of drug-likeness (QED) is 0.237. The van der Waals surface area contributed by atoms with E-state index >= 15 is 0 Å². The Labute approximate surface area is 70.2 Å². The first-order valence-corrected chi connectivity index (χ1v) is 3.04. The molecule has 12 heavy (non-hydrogen) atoms. The van der Waals surface area contributed by atoms with Gasteiger partial charge in [-0.2, -0.15) is 0 Å². The Morgan fingerprint density at radius 3 is 2.42 bits per heavy atom. The Balaban J connectivity index is 3.93. The molecule has 0 aromatic heterocycles. The molecule has 64 valence electrons. The van der Waals surface area contributed by atoms with Crippen molar-refractivity contribution in [3.63, 3.8) is 0 Å². The summed E-state index contributed by atoms with van der Waals surface area (Å²) in [6.07, 6.45) is 2.32. The number of allylic oxidation sites excluding steroid dienone is 1. The third-order valence-corrected chi connectivity index (χ3v) is 0.864. The van der Waals surface area contributed by atoms with E-state index in [1.807, 2.05) is 0 Å². The van der Waals surface area contributed by atoms with Gasteiger partial charge in [-0.1, -0.05) is 5.92 Å². The molecule has 0 aliphatic carbocycles. The molecular formula is C8H8O4. The van der Waals surface area contributed by atoms with E-state index in [2.05, 4.69) is 21.3 Å². The molecule has 4 heteroatoms. The molecule has 0 aliphatic rings. The van der Waals surface area contributed by atoms with E-state index in [0.29, 0.717) is 0 Å². The van der Waals surface area contributed by atoms with Crippen molar-refractivity contribution < 1.29 is 19.1 Å². The second-order valence-electron chi connectivity index (χ2n) is 1.62. The number of hydrogen-bond acceptors (Lipinski definition) is 4. The minimum absolute atomic E-state index is 0.519. The number of hydrogen-bond donors (Lipinski definition) is 0. The van der Waals surface area contributed by atoms with Gasteiger partial charge in [-0.05, 0) is 6.08 Å². The van der Waals surface area contributed by atoms with E-state index in [9.17, 15) is 9.59 Å². The van der Waals surface area contributed by atoms with Crippen molar-refractivity contribution in [2.75, 3.05) is 14.2 Å². The molecule has 0 spiro atoms. The van der Waals surface area contributed by atoms with Crippen LogP contribution in [-0.2, 0) is 19.1 Å². The van der Waals surface area contributed by atoms with Crippen molar-refractivity contribution in [3.8, 4) is 11.8 Å². The van der Waals surface area contributed by atoms with Gasteiger partial charge in [-0.15, -0.1) is 0 Å². The van der Waals surface area contributed by atoms with Crippen LogP contribution in [0.4, 0.5) is 0 Å². The summed E-state index contributed by atoms with van der Waals surface area (Å²) in [6, 6.07) is 0. The van der Waals surface area contributed by atoms with E-state index in [-0.39, 0.29) is 0 Å². The number of ether oxygens (including phenoxy) is 2. The Kier molecular flexibility index (Phi) is 5.11. The van der Waals surface area contributed by atoms with Gasteiger partial charge >= 0.3 is 11.9 Å². The normalized spacial score (nSPS) is 8.50. The monoisotopic (exact) mass is 168 g/mol. The summed E-state index contributed by atoms with van der Waals surface area (Å²) in [5.41, 5.74) is 0. The van der Waals surface area contributed by atoms with Crippen molar-refractivity contribution >= 4 is 11.9 Å². The van der Waals surface area contributed by atoms with E-state index in [0.717, 1.165) is 6.08 Å². The molecule has 0 aromatic carbocycles. The lowest BCUT2D eigenvalue weighted by atomic mass is 10.5. The van der Waals surface area contributed by atoms with Crippen LogP contribution in [0.1, 0.15) is 0 Å². The van der Waals surface area contributed by atoms with Gasteiger partial charge in [0.1, 0.15) is 0 Å². The molecule has 0 aliphatic heterocycles. The lowest BCUT2D eigenvalue weighted by Crippen LogP contribution is -1.94. The highest BCUT2D eigenvalue weighted by molar-refractivity contribution is 5.89. The predicted octanol–water partition coefficient (Wildman–Crippen LogP) is -0.108. The fourth-order valence-corrected chi connectivity index (χ4v) is 0.329. The molecule has 0 bridgehead atoms. The maximum Gasteiger partial charge on any atom is 0.384 e. The van der Waals surface area contributed by atoms with Crippen molar-refractivity contribution in [2.45, 2.75) is 0 Å². The smallest absolute Gasteiger partial charge is 0.384 e. The highest BCUT2D eigenvalue weighted by atomic mass is 16.5. The molecule has 0 radical (unpaired) electrons. The van der Waals surface area contributed by atoms with E-state index in [4.69, 9.17) is 0 Å². The fraction of sp³-hybridized carbons (Fsp3) is 0.250. The number of methoxy groups -OCH3 is 2. The molecule has 0 rings (SSSR count). The molecule has 0 heterocycles. The summed E-state index contributed by atoms with van der Waals surface area (Å²) in [5, 5.41) is 0. The largest absolute Gasteiger partial charge is 0.466 e. The number of carbonyl (C=O) groups excluding carboxylic acids is 2. The molecule has 0 saturated carbocycles. The molecule has 0 amide bonds. The van der Waals surface area contributed by atoms with E-state index in [1.165, 1.54) is 20.3 Å². The summed E-state index contributed by atoms with van der Waals surface area (Å²) in [4.78, 5) is 20.8. The molecule has 0 fully saturated rings. The van der Waals surface area contributed by atoms with Crippen LogP contribution in [0.3, 0.4) is 0 Å². The third kappa shape index (κ3) is 5.06. The van der Waals surface area contributed by atoms with Gasteiger partial charge in [-0.25, -0.2) is 9.59 Å². The maximum atomic E-state index is 10.4. The second-order valence-corrected chi connectivity index (χ2v) is 1.62. The lowest BCUT2D eigenvalue weighted by molar-refractivity contribution is -0.135. The van der Waals surface area contributed by atoms with Gasteiger partial charge in [0, 0.05) is 12.0 Å². The van der Waals surface area contributed by atoms with Crippen molar-refractivity contribution in [1.29, 1.82) is 0 Å². The molecule has 0 N–H and O–H groups in total. The number of rotatable bonds is 1. The highest BCUT2D eigenvalue weighted by Crippen LogP contribution is 1.76. The van der Waals surface area contributed by atoms with Gasteiger partial charge < -0.3 is 9.47 Å². The summed E-state index contributed by atoms with van der Waals surface area (Å²) in [5.74, 6) is 3.23. The SMILES string of the molecule is COC(=O)C#C/C=C\C(=O)OC. The standard InChI is InChI=1S/C8H8O4/c1-11-7(9)5-3-4-6-8(10)12-2/h3,5H,1-2H3/b5-3-.